The molecule has 0 radical (unpaired) electrons. The normalized spacial score (nSPS) is 13.1. The summed E-state index contributed by atoms with van der Waals surface area (Å²) in [5.74, 6) is 3.25. The molecular weight excluding hydrogens is 230 g/mol. The molecule has 0 amide bonds. The molecule has 1 aromatic heterocycles. The number of fused-ring (bicyclic) bond motifs is 1. The van der Waals surface area contributed by atoms with Crippen molar-refractivity contribution in [3.8, 4) is 0 Å². The van der Waals surface area contributed by atoms with E-state index in [4.69, 9.17) is 4.42 Å². The molecule has 0 bridgehead atoms. The first-order valence-electron chi connectivity index (χ1n) is 6.14. The van der Waals surface area contributed by atoms with Crippen LogP contribution in [0, 0.1) is 0 Å². The minimum atomic E-state index is 0.317. The Bertz CT molecular complexity index is 433. The van der Waals surface area contributed by atoms with Crippen LogP contribution < -0.4 is 5.32 Å². The minimum Gasteiger partial charge on any atom is -0.459 e. The number of para-hydroxylation sites is 1. The summed E-state index contributed by atoms with van der Waals surface area (Å²) in [7, 11) is 0. The molecule has 1 unspecified atom stereocenters. The Morgan fingerprint density at radius 3 is 2.82 bits per heavy atom. The molecule has 1 heterocycles. The molecule has 2 nitrogen and oxygen atoms in total. The Labute approximate surface area is 107 Å². The van der Waals surface area contributed by atoms with Crippen molar-refractivity contribution >= 4 is 22.7 Å². The van der Waals surface area contributed by atoms with Gasteiger partial charge in [0.1, 0.15) is 11.3 Å². The van der Waals surface area contributed by atoms with Crippen LogP contribution in [-0.2, 0) is 0 Å². The zero-order valence-corrected chi connectivity index (χ0v) is 11.2. The summed E-state index contributed by atoms with van der Waals surface area (Å²) in [4.78, 5) is 0. The number of hydrogen-bond donors (Lipinski definition) is 1. The molecule has 2 rings (SSSR count). The summed E-state index contributed by atoms with van der Waals surface area (Å²) < 4.78 is 5.90. The van der Waals surface area contributed by atoms with Crippen LogP contribution in [-0.4, -0.2) is 18.1 Å². The highest BCUT2D eigenvalue weighted by molar-refractivity contribution is 7.99. The largest absolute Gasteiger partial charge is 0.459 e. The fourth-order valence-electron chi connectivity index (χ4n) is 1.90. The first-order valence-corrected chi connectivity index (χ1v) is 7.30. The van der Waals surface area contributed by atoms with Gasteiger partial charge < -0.3 is 9.73 Å². The second kappa shape index (κ2) is 6.12. The van der Waals surface area contributed by atoms with Gasteiger partial charge in [0.25, 0.3) is 0 Å². The maximum absolute atomic E-state index is 5.90. The number of hydrogen-bond acceptors (Lipinski definition) is 3. The maximum atomic E-state index is 5.90. The average Bonchev–Trinajstić information content (AvgIpc) is 2.78. The van der Waals surface area contributed by atoms with E-state index >= 15 is 0 Å². The van der Waals surface area contributed by atoms with Gasteiger partial charge in [-0.1, -0.05) is 32.0 Å². The third kappa shape index (κ3) is 3.05. The molecule has 0 saturated heterocycles. The van der Waals surface area contributed by atoms with Crippen molar-refractivity contribution in [2.45, 2.75) is 19.9 Å². The molecule has 0 aliphatic carbocycles. The lowest BCUT2D eigenvalue weighted by Crippen LogP contribution is -2.22. The Morgan fingerprint density at radius 1 is 1.29 bits per heavy atom. The van der Waals surface area contributed by atoms with Gasteiger partial charge in [0.05, 0.1) is 6.04 Å². The predicted molar refractivity (Wildman–Crippen MR) is 75.6 cm³/mol. The Balaban J connectivity index is 2.21. The Hall–Kier alpha value is -0.930. The molecule has 0 aliphatic heterocycles. The molecule has 0 fully saturated rings. The molecule has 2 aromatic rings. The van der Waals surface area contributed by atoms with Gasteiger partial charge >= 0.3 is 0 Å². The van der Waals surface area contributed by atoms with E-state index in [2.05, 4.69) is 31.3 Å². The number of rotatable bonds is 6. The van der Waals surface area contributed by atoms with Crippen molar-refractivity contribution in [1.82, 2.24) is 5.32 Å². The Kier molecular flexibility index (Phi) is 4.51. The van der Waals surface area contributed by atoms with E-state index in [1.165, 1.54) is 5.39 Å². The van der Waals surface area contributed by atoms with Crippen molar-refractivity contribution in [2.24, 2.45) is 0 Å². The zero-order chi connectivity index (χ0) is 12.1. The fourth-order valence-corrected chi connectivity index (χ4v) is 2.65. The second-order valence-corrected chi connectivity index (χ2v) is 5.28. The van der Waals surface area contributed by atoms with Crippen LogP contribution in [0.5, 0.6) is 0 Å². The van der Waals surface area contributed by atoms with Gasteiger partial charge in [0.15, 0.2) is 0 Å². The second-order valence-electron chi connectivity index (χ2n) is 3.96. The van der Waals surface area contributed by atoms with Crippen molar-refractivity contribution in [2.75, 3.05) is 18.1 Å². The van der Waals surface area contributed by atoms with Gasteiger partial charge in [-0.3, -0.25) is 0 Å². The lowest BCUT2D eigenvalue weighted by molar-refractivity contribution is 0.464. The monoisotopic (exact) mass is 249 g/mol. The predicted octanol–water partition coefficient (Wildman–Crippen LogP) is 3.84. The number of benzene rings is 1. The van der Waals surface area contributed by atoms with E-state index in [-0.39, 0.29) is 0 Å². The molecule has 1 N–H and O–H groups in total. The van der Waals surface area contributed by atoms with Gasteiger partial charge in [0, 0.05) is 11.1 Å². The summed E-state index contributed by atoms with van der Waals surface area (Å²) in [6.45, 7) is 5.28. The highest BCUT2D eigenvalue weighted by atomic mass is 32.2. The molecule has 0 aliphatic rings. The minimum absolute atomic E-state index is 0.317. The highest BCUT2D eigenvalue weighted by Gasteiger charge is 2.14. The van der Waals surface area contributed by atoms with Crippen molar-refractivity contribution in [3.63, 3.8) is 0 Å². The van der Waals surface area contributed by atoms with E-state index in [1.807, 2.05) is 30.0 Å². The van der Waals surface area contributed by atoms with Gasteiger partial charge in [0.2, 0.25) is 0 Å². The zero-order valence-electron chi connectivity index (χ0n) is 10.4. The van der Waals surface area contributed by atoms with Crippen LogP contribution in [0.2, 0.25) is 0 Å². The molecule has 1 aromatic carbocycles. The van der Waals surface area contributed by atoms with Crippen LogP contribution in [0.4, 0.5) is 0 Å². The van der Waals surface area contributed by atoms with Gasteiger partial charge in [-0.25, -0.2) is 0 Å². The lowest BCUT2D eigenvalue weighted by Gasteiger charge is -2.14. The van der Waals surface area contributed by atoms with Crippen LogP contribution in [0.15, 0.2) is 34.7 Å². The maximum Gasteiger partial charge on any atom is 0.134 e. The summed E-state index contributed by atoms with van der Waals surface area (Å²) in [6.07, 6.45) is 0. The molecule has 92 valence electrons. The number of nitrogens with one attached hydrogen (secondary N) is 1. The lowest BCUT2D eigenvalue weighted by atomic mass is 10.2. The number of thioether (sulfide) groups is 1. The topological polar surface area (TPSA) is 25.2 Å². The molecule has 17 heavy (non-hydrogen) atoms. The Morgan fingerprint density at radius 2 is 2.12 bits per heavy atom. The van der Waals surface area contributed by atoms with Gasteiger partial charge in [-0.05, 0) is 24.4 Å². The van der Waals surface area contributed by atoms with Crippen molar-refractivity contribution in [1.29, 1.82) is 0 Å². The summed E-state index contributed by atoms with van der Waals surface area (Å²) in [6, 6.07) is 10.6. The third-order valence-corrected chi connectivity index (χ3v) is 3.70. The van der Waals surface area contributed by atoms with Gasteiger partial charge in [-0.15, -0.1) is 0 Å². The summed E-state index contributed by atoms with van der Waals surface area (Å²) in [5.41, 5.74) is 0.979. The first-order chi connectivity index (χ1) is 8.35. The molecule has 0 spiro atoms. The van der Waals surface area contributed by atoms with Gasteiger partial charge in [-0.2, -0.15) is 11.8 Å². The first kappa shape index (κ1) is 12.5. The molecule has 1 atom stereocenters. The van der Waals surface area contributed by atoms with Crippen molar-refractivity contribution < 1.29 is 4.42 Å². The van der Waals surface area contributed by atoms with Crippen LogP contribution in [0.1, 0.15) is 25.6 Å². The van der Waals surface area contributed by atoms with E-state index in [0.717, 1.165) is 29.4 Å². The van der Waals surface area contributed by atoms with E-state index in [9.17, 15) is 0 Å². The summed E-state index contributed by atoms with van der Waals surface area (Å²) in [5, 5.41) is 4.67. The average molecular weight is 249 g/mol. The SMILES string of the molecule is CCNC(CSCC)c1cc2ccccc2o1. The molecule has 0 saturated carbocycles. The van der Waals surface area contributed by atoms with E-state index < -0.39 is 0 Å². The molecular formula is C14H19NOS. The number of furan rings is 1. The van der Waals surface area contributed by atoms with Crippen LogP contribution >= 0.6 is 11.8 Å². The third-order valence-electron chi connectivity index (χ3n) is 2.73. The van der Waals surface area contributed by atoms with E-state index in [1.54, 1.807) is 0 Å². The quantitative estimate of drug-likeness (QED) is 0.842. The van der Waals surface area contributed by atoms with Crippen LogP contribution in [0.25, 0.3) is 11.0 Å². The fraction of sp³-hybridized carbons (Fsp3) is 0.429. The van der Waals surface area contributed by atoms with E-state index in [0.29, 0.717) is 6.04 Å². The van der Waals surface area contributed by atoms with Crippen molar-refractivity contribution in [3.05, 3.63) is 36.1 Å². The van der Waals surface area contributed by atoms with Crippen LogP contribution in [0.3, 0.4) is 0 Å². The summed E-state index contributed by atoms with van der Waals surface area (Å²) >= 11 is 1.94. The smallest absolute Gasteiger partial charge is 0.134 e. The highest BCUT2D eigenvalue weighted by Crippen LogP contribution is 2.25. The standard InChI is InChI=1S/C14H19NOS/c1-3-15-12(10-17-4-2)14-9-11-7-5-6-8-13(11)16-14/h5-9,12,15H,3-4,10H2,1-2H3. The molecule has 3 heteroatoms.